The van der Waals surface area contributed by atoms with Crippen LogP contribution in [0.3, 0.4) is 0 Å². The standard InChI is InChI=1S/C16H21N3O4S/c17-16(21)11-7-8-14(13(9-11)19(22)23)24-10-15(20)18-12-5-3-1-2-4-6-12/h7-9,12H,1-6,10H2,(H2,17,21)(H,18,20). The maximum atomic E-state index is 12.1. The molecular formula is C16H21N3O4S. The van der Waals surface area contributed by atoms with E-state index in [1.165, 1.54) is 25.0 Å². The minimum Gasteiger partial charge on any atom is -0.366 e. The summed E-state index contributed by atoms with van der Waals surface area (Å²) in [7, 11) is 0. The van der Waals surface area contributed by atoms with Gasteiger partial charge in [-0.05, 0) is 25.0 Å². The molecule has 2 amide bonds. The van der Waals surface area contributed by atoms with Crippen molar-refractivity contribution in [1.82, 2.24) is 5.32 Å². The van der Waals surface area contributed by atoms with Gasteiger partial charge in [-0.2, -0.15) is 0 Å². The van der Waals surface area contributed by atoms with Gasteiger partial charge in [0.25, 0.3) is 5.69 Å². The number of nitro groups is 1. The Morgan fingerprint density at radius 2 is 1.92 bits per heavy atom. The number of amides is 2. The van der Waals surface area contributed by atoms with Crippen LogP contribution in [0.2, 0.25) is 0 Å². The van der Waals surface area contributed by atoms with Crippen LogP contribution < -0.4 is 11.1 Å². The van der Waals surface area contributed by atoms with E-state index in [9.17, 15) is 19.7 Å². The topological polar surface area (TPSA) is 115 Å². The maximum Gasteiger partial charge on any atom is 0.283 e. The van der Waals surface area contributed by atoms with Gasteiger partial charge in [-0.15, -0.1) is 11.8 Å². The van der Waals surface area contributed by atoms with E-state index in [1.807, 2.05) is 0 Å². The first-order chi connectivity index (χ1) is 11.5. The quantitative estimate of drug-likeness (QED) is 0.354. The molecule has 0 unspecified atom stereocenters. The van der Waals surface area contributed by atoms with E-state index in [1.54, 1.807) is 0 Å². The van der Waals surface area contributed by atoms with Gasteiger partial charge in [-0.25, -0.2) is 0 Å². The summed E-state index contributed by atoms with van der Waals surface area (Å²) >= 11 is 1.09. The highest BCUT2D eigenvalue weighted by Crippen LogP contribution is 2.30. The summed E-state index contributed by atoms with van der Waals surface area (Å²) < 4.78 is 0. The number of nitrogens with one attached hydrogen (secondary N) is 1. The molecule has 8 heteroatoms. The van der Waals surface area contributed by atoms with E-state index in [0.717, 1.165) is 43.5 Å². The number of benzene rings is 1. The van der Waals surface area contributed by atoms with Crippen LogP contribution in [0.1, 0.15) is 48.9 Å². The van der Waals surface area contributed by atoms with Crippen molar-refractivity contribution in [1.29, 1.82) is 0 Å². The first-order valence-electron chi connectivity index (χ1n) is 7.98. The van der Waals surface area contributed by atoms with Crippen molar-refractivity contribution in [3.05, 3.63) is 33.9 Å². The lowest BCUT2D eigenvalue weighted by Crippen LogP contribution is -2.35. The van der Waals surface area contributed by atoms with Gasteiger partial charge >= 0.3 is 0 Å². The second kappa shape index (κ2) is 8.68. The normalized spacial score (nSPS) is 15.5. The summed E-state index contributed by atoms with van der Waals surface area (Å²) in [6, 6.07) is 4.24. The fourth-order valence-electron chi connectivity index (χ4n) is 2.77. The van der Waals surface area contributed by atoms with E-state index < -0.39 is 10.8 Å². The van der Waals surface area contributed by atoms with Gasteiger partial charge in [0.1, 0.15) is 0 Å². The first kappa shape index (κ1) is 18.3. The van der Waals surface area contributed by atoms with Gasteiger partial charge in [0.05, 0.1) is 15.6 Å². The fourth-order valence-corrected chi connectivity index (χ4v) is 3.59. The molecule has 0 atom stereocenters. The minimum absolute atomic E-state index is 0.0777. The summed E-state index contributed by atoms with van der Waals surface area (Å²) in [6.45, 7) is 0. The number of carbonyl (C=O) groups excluding carboxylic acids is 2. The predicted molar refractivity (Wildman–Crippen MR) is 92.0 cm³/mol. The highest BCUT2D eigenvalue weighted by Gasteiger charge is 2.19. The van der Waals surface area contributed by atoms with Crippen molar-refractivity contribution in [3.8, 4) is 0 Å². The van der Waals surface area contributed by atoms with E-state index in [2.05, 4.69) is 5.32 Å². The summed E-state index contributed by atoms with van der Waals surface area (Å²) in [5, 5.41) is 14.1. The predicted octanol–water partition coefficient (Wildman–Crippen LogP) is 2.62. The molecule has 3 N–H and O–H groups in total. The summed E-state index contributed by atoms with van der Waals surface area (Å²) in [4.78, 5) is 34.1. The Labute approximate surface area is 144 Å². The minimum atomic E-state index is -0.722. The van der Waals surface area contributed by atoms with Crippen molar-refractivity contribution in [2.75, 3.05) is 5.75 Å². The number of hydrogen-bond acceptors (Lipinski definition) is 5. The average Bonchev–Trinajstić information content (AvgIpc) is 2.81. The van der Waals surface area contributed by atoms with Crippen LogP contribution in [0, 0.1) is 10.1 Å². The SMILES string of the molecule is NC(=O)c1ccc(SCC(=O)NC2CCCCCC2)c([N+](=O)[O-])c1. The van der Waals surface area contributed by atoms with Gasteiger partial charge in [-0.3, -0.25) is 19.7 Å². The summed E-state index contributed by atoms with van der Waals surface area (Å²) in [5.74, 6) is -0.742. The zero-order chi connectivity index (χ0) is 17.5. The molecule has 0 bridgehead atoms. The second-order valence-electron chi connectivity index (χ2n) is 5.85. The molecule has 0 saturated heterocycles. The molecule has 1 aliphatic rings. The zero-order valence-corrected chi connectivity index (χ0v) is 14.1. The molecule has 1 fully saturated rings. The molecule has 1 aromatic carbocycles. The Morgan fingerprint density at radius 3 is 2.50 bits per heavy atom. The van der Waals surface area contributed by atoms with Crippen LogP contribution in [0.4, 0.5) is 5.69 Å². The van der Waals surface area contributed by atoms with E-state index in [4.69, 9.17) is 5.73 Å². The summed E-state index contributed by atoms with van der Waals surface area (Å²) in [6.07, 6.45) is 6.64. The van der Waals surface area contributed by atoms with Crippen LogP contribution in [-0.2, 0) is 4.79 Å². The van der Waals surface area contributed by atoms with Gasteiger partial charge in [0, 0.05) is 17.7 Å². The van der Waals surface area contributed by atoms with Gasteiger partial charge in [-0.1, -0.05) is 25.7 Å². The lowest BCUT2D eigenvalue weighted by atomic mass is 10.1. The van der Waals surface area contributed by atoms with E-state index in [-0.39, 0.29) is 29.0 Å². The van der Waals surface area contributed by atoms with Crippen LogP contribution in [0.15, 0.2) is 23.1 Å². The van der Waals surface area contributed by atoms with Crippen molar-refractivity contribution in [3.63, 3.8) is 0 Å². The third-order valence-corrected chi connectivity index (χ3v) is 5.08. The molecule has 0 aromatic heterocycles. The van der Waals surface area contributed by atoms with Crippen molar-refractivity contribution >= 4 is 29.3 Å². The number of carbonyl (C=O) groups is 2. The Balaban J connectivity index is 1.96. The van der Waals surface area contributed by atoms with Crippen LogP contribution in [0.25, 0.3) is 0 Å². The number of nitrogens with two attached hydrogens (primary N) is 1. The molecule has 0 radical (unpaired) electrons. The lowest BCUT2D eigenvalue weighted by molar-refractivity contribution is -0.387. The Bertz CT molecular complexity index is 628. The molecule has 0 heterocycles. The van der Waals surface area contributed by atoms with Crippen LogP contribution in [-0.4, -0.2) is 28.5 Å². The summed E-state index contributed by atoms with van der Waals surface area (Å²) in [5.41, 5.74) is 5.01. The van der Waals surface area contributed by atoms with Crippen molar-refractivity contribution in [2.24, 2.45) is 5.73 Å². The van der Waals surface area contributed by atoms with Crippen LogP contribution >= 0.6 is 11.8 Å². The number of hydrogen-bond donors (Lipinski definition) is 2. The fraction of sp³-hybridized carbons (Fsp3) is 0.500. The average molecular weight is 351 g/mol. The van der Waals surface area contributed by atoms with E-state index >= 15 is 0 Å². The molecule has 2 rings (SSSR count). The van der Waals surface area contributed by atoms with Gasteiger partial charge in [0.2, 0.25) is 11.8 Å². The third-order valence-electron chi connectivity index (χ3n) is 4.02. The second-order valence-corrected chi connectivity index (χ2v) is 6.87. The number of nitrogens with zero attached hydrogens (tertiary/aromatic N) is 1. The highest BCUT2D eigenvalue weighted by atomic mass is 32.2. The Morgan fingerprint density at radius 1 is 1.25 bits per heavy atom. The molecule has 24 heavy (non-hydrogen) atoms. The van der Waals surface area contributed by atoms with Gasteiger partial charge < -0.3 is 11.1 Å². The maximum absolute atomic E-state index is 12.1. The van der Waals surface area contributed by atoms with Crippen molar-refractivity contribution in [2.45, 2.75) is 49.5 Å². The van der Waals surface area contributed by atoms with Crippen LogP contribution in [0.5, 0.6) is 0 Å². The number of primary amides is 1. The monoisotopic (exact) mass is 351 g/mol. The number of thioether (sulfide) groups is 1. The molecule has 130 valence electrons. The molecule has 0 spiro atoms. The lowest BCUT2D eigenvalue weighted by Gasteiger charge is -2.16. The molecule has 7 nitrogen and oxygen atoms in total. The smallest absolute Gasteiger partial charge is 0.283 e. The molecule has 1 saturated carbocycles. The molecule has 1 aromatic rings. The number of rotatable bonds is 6. The molecule has 0 aliphatic heterocycles. The first-order valence-corrected chi connectivity index (χ1v) is 8.96. The largest absolute Gasteiger partial charge is 0.366 e. The Kier molecular flexibility index (Phi) is 6.60. The molecular weight excluding hydrogens is 330 g/mol. The third kappa shape index (κ3) is 5.23. The Hall–Kier alpha value is -2.09. The van der Waals surface area contributed by atoms with E-state index in [0.29, 0.717) is 4.90 Å². The highest BCUT2D eigenvalue weighted by molar-refractivity contribution is 8.00. The van der Waals surface area contributed by atoms with Gasteiger partial charge in [0.15, 0.2) is 0 Å². The zero-order valence-electron chi connectivity index (χ0n) is 13.3. The number of nitro benzene ring substituents is 1. The van der Waals surface area contributed by atoms with Crippen molar-refractivity contribution < 1.29 is 14.5 Å². The molecule has 1 aliphatic carbocycles.